The summed E-state index contributed by atoms with van der Waals surface area (Å²) in [6, 6.07) is 1.14. The Kier molecular flexibility index (Phi) is 52.9. The molecule has 0 aromatic heterocycles. The second-order valence-corrected chi connectivity index (χ2v) is 18.0. The number of methoxy groups -OCH3 is 1. The van der Waals surface area contributed by atoms with Gasteiger partial charge in [0.2, 0.25) is 0 Å². The average Bonchev–Trinajstić information content (AvgIpc) is 3.24. The lowest BCUT2D eigenvalue weighted by Gasteiger charge is -2.30. The summed E-state index contributed by atoms with van der Waals surface area (Å²) in [5, 5.41) is 4.27. The van der Waals surface area contributed by atoms with Crippen LogP contribution in [0.15, 0.2) is 0 Å². The topological polar surface area (TPSA) is 71.1 Å². The van der Waals surface area contributed by atoms with Crippen molar-refractivity contribution < 1.29 is 19.1 Å². The van der Waals surface area contributed by atoms with Crippen molar-refractivity contribution in [3.8, 4) is 0 Å². The number of nitrogens with zero attached hydrogens (tertiary/aromatic N) is 2. The van der Waals surface area contributed by atoms with Crippen molar-refractivity contribution in [1.29, 1.82) is 0 Å². The molecule has 0 rings (SSSR count). The fraction of sp³-hybridized carbons (Fsp3) is 0.942. The first-order chi connectivity index (χ1) is 29.1. The highest BCUT2D eigenvalue weighted by molar-refractivity contribution is 7.80. The van der Waals surface area contributed by atoms with Gasteiger partial charge in [-0.1, -0.05) is 170 Å². The van der Waals surface area contributed by atoms with E-state index >= 15 is 0 Å². The van der Waals surface area contributed by atoms with E-state index in [4.69, 9.17) is 21.7 Å². The number of thiocarbonyl (C=S) groups is 1. The largest absolute Gasteiger partial charge is 0.465 e. The third-order valence-electron chi connectivity index (χ3n) is 11.5. The van der Waals surface area contributed by atoms with Crippen LogP contribution in [0.2, 0.25) is 0 Å². The molecule has 0 saturated heterocycles. The average molecular weight is 871 g/mol. The van der Waals surface area contributed by atoms with Crippen molar-refractivity contribution in [1.82, 2.24) is 15.1 Å². The summed E-state index contributed by atoms with van der Waals surface area (Å²) in [6.45, 7) is 26.9. The molecule has 2 atom stereocenters. The van der Waals surface area contributed by atoms with Crippen LogP contribution in [0.4, 0.5) is 0 Å². The number of aldehydes is 1. The van der Waals surface area contributed by atoms with Gasteiger partial charge in [-0.05, 0) is 97.8 Å². The molecule has 0 aliphatic carbocycles. The fourth-order valence-corrected chi connectivity index (χ4v) is 8.05. The Balaban J connectivity index is -0.00000142. The minimum absolute atomic E-state index is 0.0125. The molecule has 0 aliphatic rings. The third-order valence-corrected chi connectivity index (χ3v) is 11.9. The molecule has 0 radical (unpaired) electrons. The van der Waals surface area contributed by atoms with E-state index in [0.717, 1.165) is 95.5 Å². The van der Waals surface area contributed by atoms with Gasteiger partial charge in [0.05, 0.1) is 12.5 Å². The molecular formula is C52H107N3O4S. The Morgan fingerprint density at radius 3 is 1.42 bits per heavy atom. The van der Waals surface area contributed by atoms with E-state index in [9.17, 15) is 9.59 Å². The number of esters is 1. The number of ether oxygens (including phenoxy) is 2. The zero-order chi connectivity index (χ0) is 45.5. The lowest BCUT2D eigenvalue weighted by atomic mass is 9.94. The predicted octanol–water partition coefficient (Wildman–Crippen LogP) is 14.9. The van der Waals surface area contributed by atoms with Crippen molar-refractivity contribution in [2.24, 2.45) is 11.8 Å². The molecule has 2 unspecified atom stereocenters. The summed E-state index contributed by atoms with van der Waals surface area (Å²) in [6.07, 6.45) is 34.8. The summed E-state index contributed by atoms with van der Waals surface area (Å²) in [7, 11) is 1.74. The minimum Gasteiger partial charge on any atom is -0.465 e. The van der Waals surface area contributed by atoms with Gasteiger partial charge in [0.25, 0.3) is 0 Å². The number of unbranched alkanes of at least 4 members (excludes halogenated alkanes) is 17. The molecule has 0 spiro atoms. The van der Waals surface area contributed by atoms with Crippen LogP contribution in [0.1, 0.15) is 249 Å². The van der Waals surface area contributed by atoms with Gasteiger partial charge in [-0.25, -0.2) is 0 Å². The number of rotatable bonds is 41. The van der Waals surface area contributed by atoms with Gasteiger partial charge in [0.15, 0.2) is 5.11 Å². The number of hydrogen-bond donors (Lipinski definition) is 1. The van der Waals surface area contributed by atoms with Crippen molar-refractivity contribution in [2.75, 3.05) is 46.5 Å². The number of carbonyl (C=O) groups excluding carboxylic acids is 2. The molecule has 0 amide bonds. The molecule has 1 N–H and O–H groups in total. The standard InChI is InChI=1S/C34H69N3O3S.C16H32O.C2H6/c1-8-10-12-14-15-17-23-32(22-16-13-11-9-2)33(38)40-29-21-26-36(25-20-28-39-7)34(41)35-24-18-19-27-37(30(3)4)31(5)6;1-3-5-7-9-10-12-14-16(15-17)13-11-8-6-4-2;1-2/h30-32H,8-29H2,1-7H3,(H,35,41);15-16H,3-14H2,1-2H3;1-2H3. The van der Waals surface area contributed by atoms with E-state index in [0.29, 0.717) is 31.2 Å². The van der Waals surface area contributed by atoms with Crippen molar-refractivity contribution in [2.45, 2.75) is 261 Å². The normalized spacial score (nSPS) is 12.1. The van der Waals surface area contributed by atoms with Crippen LogP contribution in [-0.2, 0) is 19.1 Å². The molecule has 0 aromatic rings. The molecule has 0 saturated carbocycles. The van der Waals surface area contributed by atoms with Crippen LogP contribution < -0.4 is 5.32 Å². The number of nitrogens with one attached hydrogen (secondary N) is 1. The van der Waals surface area contributed by atoms with Gasteiger partial charge in [-0.3, -0.25) is 9.69 Å². The van der Waals surface area contributed by atoms with E-state index in [1.807, 2.05) is 13.8 Å². The van der Waals surface area contributed by atoms with Gasteiger partial charge < -0.3 is 24.5 Å². The third kappa shape index (κ3) is 42.1. The molecule has 0 bridgehead atoms. The summed E-state index contributed by atoms with van der Waals surface area (Å²) in [5.74, 6) is 0.414. The van der Waals surface area contributed by atoms with Gasteiger partial charge in [-0.2, -0.15) is 0 Å². The molecule has 8 heteroatoms. The van der Waals surface area contributed by atoms with Crippen LogP contribution in [0.3, 0.4) is 0 Å². The fourth-order valence-electron chi connectivity index (χ4n) is 7.77. The van der Waals surface area contributed by atoms with Crippen LogP contribution in [0.5, 0.6) is 0 Å². The van der Waals surface area contributed by atoms with Crippen LogP contribution >= 0.6 is 12.2 Å². The second kappa shape index (κ2) is 50.4. The van der Waals surface area contributed by atoms with Crippen molar-refractivity contribution in [3.63, 3.8) is 0 Å². The number of carbonyl (C=O) groups is 2. The smallest absolute Gasteiger partial charge is 0.308 e. The van der Waals surface area contributed by atoms with Crippen molar-refractivity contribution in [3.05, 3.63) is 0 Å². The lowest BCUT2D eigenvalue weighted by Crippen LogP contribution is -2.42. The molecule has 0 fully saturated rings. The van der Waals surface area contributed by atoms with Crippen LogP contribution in [0.25, 0.3) is 0 Å². The molecule has 0 aliphatic heterocycles. The maximum absolute atomic E-state index is 13.0. The Bertz CT molecular complexity index is 881. The zero-order valence-electron chi connectivity index (χ0n) is 42.4. The van der Waals surface area contributed by atoms with Gasteiger partial charge >= 0.3 is 5.97 Å². The SMILES string of the molecule is CC.CCCCCCCCC(C=O)CCCCCC.CCCCCCCCC(CCCCCC)C(=O)OCCCN(CCCOC)C(=S)NCCCCN(C(C)C)C(C)C. The van der Waals surface area contributed by atoms with E-state index in [2.05, 4.69) is 70.5 Å². The summed E-state index contributed by atoms with van der Waals surface area (Å²) >= 11 is 5.76. The maximum Gasteiger partial charge on any atom is 0.308 e. The first kappa shape index (κ1) is 63.0. The van der Waals surface area contributed by atoms with E-state index < -0.39 is 0 Å². The van der Waals surface area contributed by atoms with Gasteiger partial charge in [-0.15, -0.1) is 0 Å². The van der Waals surface area contributed by atoms with Crippen LogP contribution in [0, 0.1) is 11.8 Å². The summed E-state index contributed by atoms with van der Waals surface area (Å²) in [4.78, 5) is 28.7. The Morgan fingerprint density at radius 2 is 0.983 bits per heavy atom. The summed E-state index contributed by atoms with van der Waals surface area (Å²) < 4.78 is 11.1. The molecular weight excluding hydrogens is 763 g/mol. The molecule has 0 aromatic carbocycles. The lowest BCUT2D eigenvalue weighted by molar-refractivity contribution is -0.149. The molecule has 60 heavy (non-hydrogen) atoms. The second-order valence-electron chi connectivity index (χ2n) is 17.6. The van der Waals surface area contributed by atoms with E-state index in [1.54, 1.807) is 7.11 Å². The first-order valence-corrected chi connectivity index (χ1v) is 26.4. The van der Waals surface area contributed by atoms with E-state index in [-0.39, 0.29) is 11.9 Å². The van der Waals surface area contributed by atoms with Crippen molar-refractivity contribution >= 4 is 29.6 Å². The molecule has 0 heterocycles. The summed E-state index contributed by atoms with van der Waals surface area (Å²) in [5.41, 5.74) is 0. The van der Waals surface area contributed by atoms with E-state index in [1.165, 1.54) is 122 Å². The Hall–Kier alpha value is -1.25. The Morgan fingerprint density at radius 1 is 0.567 bits per heavy atom. The highest BCUT2D eigenvalue weighted by Crippen LogP contribution is 2.21. The molecule has 7 nitrogen and oxygen atoms in total. The quantitative estimate of drug-likeness (QED) is 0.0282. The zero-order valence-corrected chi connectivity index (χ0v) is 43.2. The van der Waals surface area contributed by atoms with Gasteiger partial charge in [0.1, 0.15) is 6.29 Å². The maximum atomic E-state index is 13.0. The Labute approximate surface area is 381 Å². The van der Waals surface area contributed by atoms with Gasteiger partial charge in [0, 0.05) is 51.4 Å². The van der Waals surface area contributed by atoms with Crippen LogP contribution in [-0.4, -0.2) is 85.8 Å². The minimum atomic E-state index is 0.0125. The predicted molar refractivity (Wildman–Crippen MR) is 268 cm³/mol. The highest BCUT2D eigenvalue weighted by Gasteiger charge is 2.20. The highest BCUT2D eigenvalue weighted by atomic mass is 32.1. The first-order valence-electron chi connectivity index (χ1n) is 26.0. The molecule has 360 valence electrons. The number of hydrogen-bond acceptors (Lipinski definition) is 6. The monoisotopic (exact) mass is 870 g/mol.